The predicted octanol–water partition coefficient (Wildman–Crippen LogP) is 15.6. The van der Waals surface area contributed by atoms with Crippen LogP contribution in [0.1, 0.15) is 239 Å². The maximum Gasteiger partial charge on any atom is 0.306 e. The van der Waals surface area contributed by atoms with E-state index in [1.807, 2.05) is 21.1 Å². The van der Waals surface area contributed by atoms with Crippen molar-refractivity contribution in [2.24, 2.45) is 0 Å². The predicted molar refractivity (Wildman–Crippen MR) is 273 cm³/mol. The fraction of sp³-hybridized carbons (Fsp3) is 0.818. The third-order valence-corrected chi connectivity index (χ3v) is 12.6. The maximum absolute atomic E-state index is 12.7. The molecular formula is C55H102NO8P. The zero-order valence-corrected chi connectivity index (χ0v) is 43.8. The molecule has 0 amide bonds. The van der Waals surface area contributed by atoms with Crippen LogP contribution in [-0.4, -0.2) is 70.0 Å². The highest BCUT2D eigenvalue weighted by atomic mass is 31.2. The topological polar surface area (TPSA) is 111 Å². The van der Waals surface area contributed by atoms with Crippen molar-refractivity contribution in [2.45, 2.75) is 245 Å². The molecule has 10 heteroatoms. The van der Waals surface area contributed by atoms with Crippen LogP contribution in [0, 0.1) is 0 Å². The minimum atomic E-state index is -4.64. The molecule has 380 valence electrons. The molecule has 0 radical (unpaired) electrons. The zero-order valence-electron chi connectivity index (χ0n) is 42.9. The highest BCUT2D eigenvalue weighted by molar-refractivity contribution is 7.45. The third-order valence-electron chi connectivity index (χ3n) is 11.6. The highest BCUT2D eigenvalue weighted by Crippen LogP contribution is 2.38. The monoisotopic (exact) mass is 936 g/mol. The van der Waals surface area contributed by atoms with Gasteiger partial charge in [-0.3, -0.25) is 14.2 Å². The minimum Gasteiger partial charge on any atom is -0.756 e. The van der Waals surface area contributed by atoms with E-state index >= 15 is 0 Å². The van der Waals surface area contributed by atoms with Gasteiger partial charge in [-0.1, -0.05) is 223 Å². The van der Waals surface area contributed by atoms with E-state index in [9.17, 15) is 19.0 Å². The molecule has 65 heavy (non-hydrogen) atoms. The van der Waals surface area contributed by atoms with E-state index in [4.69, 9.17) is 18.5 Å². The SMILES string of the molecule is CC/C=C\C/C=C\C/C=C\C/C=C\CCCCCCC(=O)OC(COC(=O)CCCCCCCCCCCCCCCCCCCCCCCCCC)COP(=O)([O-])OCC[N+](C)(C)C. The lowest BCUT2D eigenvalue weighted by Crippen LogP contribution is -2.37. The summed E-state index contributed by atoms with van der Waals surface area (Å²) in [4.78, 5) is 37.7. The van der Waals surface area contributed by atoms with Gasteiger partial charge in [0.1, 0.15) is 19.8 Å². The van der Waals surface area contributed by atoms with Crippen LogP contribution in [0.3, 0.4) is 0 Å². The molecule has 0 saturated carbocycles. The van der Waals surface area contributed by atoms with Crippen molar-refractivity contribution in [3.63, 3.8) is 0 Å². The first-order chi connectivity index (χ1) is 31.5. The van der Waals surface area contributed by atoms with Crippen LogP contribution in [0.4, 0.5) is 0 Å². The molecule has 0 aliphatic carbocycles. The largest absolute Gasteiger partial charge is 0.756 e. The number of nitrogens with zero attached hydrogens (tertiary/aromatic N) is 1. The second-order valence-electron chi connectivity index (χ2n) is 19.2. The van der Waals surface area contributed by atoms with Crippen LogP contribution in [0.15, 0.2) is 48.6 Å². The molecule has 0 aromatic heterocycles. The summed E-state index contributed by atoms with van der Waals surface area (Å²) in [7, 11) is 1.15. The van der Waals surface area contributed by atoms with Gasteiger partial charge >= 0.3 is 11.9 Å². The van der Waals surface area contributed by atoms with E-state index in [0.29, 0.717) is 17.4 Å². The molecule has 0 fully saturated rings. The molecule has 0 saturated heterocycles. The summed E-state index contributed by atoms with van der Waals surface area (Å²) in [6.07, 6.45) is 57.3. The molecule has 0 N–H and O–H groups in total. The standard InChI is InChI=1S/C55H102NO8P/c1-6-8-10-12-14-16-18-20-22-24-25-26-27-28-29-30-32-33-35-37-39-41-43-45-47-54(57)61-51-53(52-63-65(59,60)62-50-49-56(3,4)5)64-55(58)48-46-44-42-40-38-36-34-31-23-21-19-17-15-13-11-9-7-2/h9,11,15,17,21,23,34,36,53H,6-8,10,12-14,16,18-20,22,24-33,35,37-52H2,1-5H3/b11-9-,17-15-,23-21-,36-34-. The average Bonchev–Trinajstić information content (AvgIpc) is 3.26. The number of likely N-dealkylation sites (N-methyl/N-ethyl adjacent to an activating group) is 1. The number of ether oxygens (including phenoxy) is 2. The zero-order chi connectivity index (χ0) is 47.8. The normalized spacial score (nSPS) is 13.8. The molecule has 2 atom stereocenters. The molecule has 0 spiro atoms. The van der Waals surface area contributed by atoms with E-state index in [1.54, 1.807) is 0 Å². The Hall–Kier alpha value is -2.03. The number of esters is 2. The van der Waals surface area contributed by atoms with Gasteiger partial charge in [0.25, 0.3) is 7.82 Å². The first kappa shape index (κ1) is 63.0. The Labute approximate surface area is 401 Å². The van der Waals surface area contributed by atoms with Gasteiger partial charge in [-0.15, -0.1) is 0 Å². The van der Waals surface area contributed by atoms with Gasteiger partial charge in [-0.05, 0) is 51.4 Å². The number of quaternary nitrogens is 1. The first-order valence-electron chi connectivity index (χ1n) is 26.8. The van der Waals surface area contributed by atoms with Gasteiger partial charge in [0, 0.05) is 12.8 Å². The molecule has 9 nitrogen and oxygen atoms in total. The Morgan fingerprint density at radius 1 is 0.492 bits per heavy atom. The van der Waals surface area contributed by atoms with Crippen molar-refractivity contribution in [1.82, 2.24) is 0 Å². The van der Waals surface area contributed by atoms with E-state index in [1.165, 1.54) is 135 Å². The Morgan fingerprint density at radius 2 is 0.877 bits per heavy atom. The summed E-state index contributed by atoms with van der Waals surface area (Å²) in [5.74, 6) is -0.854. The fourth-order valence-corrected chi connectivity index (χ4v) is 8.20. The molecule has 0 bridgehead atoms. The summed E-state index contributed by atoms with van der Waals surface area (Å²) in [6.45, 7) is 4.12. The number of phosphoric acid groups is 1. The molecule has 0 aromatic rings. The number of carbonyl (C=O) groups excluding carboxylic acids is 2. The van der Waals surface area contributed by atoms with E-state index in [-0.39, 0.29) is 32.0 Å². The van der Waals surface area contributed by atoms with Crippen molar-refractivity contribution in [3.8, 4) is 0 Å². The van der Waals surface area contributed by atoms with E-state index < -0.39 is 26.5 Å². The van der Waals surface area contributed by atoms with Gasteiger partial charge in [-0.25, -0.2) is 0 Å². The second kappa shape index (κ2) is 47.1. The Balaban J connectivity index is 4.19. The fourth-order valence-electron chi connectivity index (χ4n) is 7.47. The molecule has 2 unspecified atom stereocenters. The summed E-state index contributed by atoms with van der Waals surface area (Å²) in [5, 5.41) is 0. The van der Waals surface area contributed by atoms with Crippen LogP contribution in [0.5, 0.6) is 0 Å². The van der Waals surface area contributed by atoms with Gasteiger partial charge in [-0.2, -0.15) is 0 Å². The van der Waals surface area contributed by atoms with Gasteiger partial charge in [0.05, 0.1) is 27.7 Å². The summed E-state index contributed by atoms with van der Waals surface area (Å²) in [5.41, 5.74) is 0. The number of rotatable bonds is 49. The molecule has 0 heterocycles. The quantitative estimate of drug-likeness (QED) is 0.0195. The van der Waals surface area contributed by atoms with Crippen LogP contribution >= 0.6 is 7.82 Å². The van der Waals surface area contributed by atoms with Crippen molar-refractivity contribution in [2.75, 3.05) is 47.5 Å². The van der Waals surface area contributed by atoms with Crippen molar-refractivity contribution >= 4 is 19.8 Å². The molecular weight excluding hydrogens is 834 g/mol. The number of allylic oxidation sites excluding steroid dienone is 8. The maximum atomic E-state index is 12.7. The smallest absolute Gasteiger partial charge is 0.306 e. The van der Waals surface area contributed by atoms with Crippen LogP contribution in [0.25, 0.3) is 0 Å². The number of phosphoric ester groups is 1. The lowest BCUT2D eigenvalue weighted by molar-refractivity contribution is -0.870. The Bertz CT molecular complexity index is 1240. The van der Waals surface area contributed by atoms with Gasteiger partial charge < -0.3 is 27.9 Å². The number of unbranched alkanes of at least 4 members (excludes halogenated alkanes) is 27. The molecule has 0 aliphatic heterocycles. The first-order valence-corrected chi connectivity index (χ1v) is 28.3. The summed E-state index contributed by atoms with van der Waals surface area (Å²) in [6, 6.07) is 0. The Kier molecular flexibility index (Phi) is 45.6. The van der Waals surface area contributed by atoms with Gasteiger partial charge in [0.2, 0.25) is 0 Å². The third kappa shape index (κ3) is 51.2. The molecule has 0 aromatic carbocycles. The number of hydrogen-bond donors (Lipinski definition) is 0. The minimum absolute atomic E-state index is 0.0361. The lowest BCUT2D eigenvalue weighted by Gasteiger charge is -2.28. The van der Waals surface area contributed by atoms with Crippen LogP contribution < -0.4 is 4.89 Å². The number of carbonyl (C=O) groups is 2. The summed E-state index contributed by atoms with van der Waals surface area (Å²) < 4.78 is 34.0. The van der Waals surface area contributed by atoms with E-state index in [0.717, 1.165) is 70.6 Å². The lowest BCUT2D eigenvalue weighted by atomic mass is 10.0. The Morgan fingerprint density at radius 3 is 1.31 bits per heavy atom. The molecule has 0 rings (SSSR count). The number of hydrogen-bond acceptors (Lipinski definition) is 8. The summed E-state index contributed by atoms with van der Waals surface area (Å²) >= 11 is 0. The highest BCUT2D eigenvalue weighted by Gasteiger charge is 2.21. The molecule has 0 aliphatic rings. The van der Waals surface area contributed by atoms with Crippen molar-refractivity contribution in [1.29, 1.82) is 0 Å². The van der Waals surface area contributed by atoms with Crippen molar-refractivity contribution < 1.29 is 42.1 Å². The van der Waals surface area contributed by atoms with Crippen LogP contribution in [-0.2, 0) is 32.7 Å². The van der Waals surface area contributed by atoms with Crippen molar-refractivity contribution in [3.05, 3.63) is 48.6 Å². The van der Waals surface area contributed by atoms with Crippen LogP contribution in [0.2, 0.25) is 0 Å². The second-order valence-corrected chi connectivity index (χ2v) is 20.6. The average molecular weight is 936 g/mol. The van der Waals surface area contributed by atoms with E-state index in [2.05, 4.69) is 62.5 Å². The van der Waals surface area contributed by atoms with Gasteiger partial charge in [0.15, 0.2) is 6.10 Å².